The van der Waals surface area contributed by atoms with Gasteiger partial charge in [0.25, 0.3) is 0 Å². The normalized spacial score (nSPS) is 12.3. The van der Waals surface area contributed by atoms with Crippen LogP contribution in [0.3, 0.4) is 0 Å². The lowest BCUT2D eigenvalue weighted by Crippen LogP contribution is -1.97. The van der Waals surface area contributed by atoms with Gasteiger partial charge in [-0.3, -0.25) is 14.9 Å². The quantitative estimate of drug-likeness (QED) is 0.149. The van der Waals surface area contributed by atoms with E-state index >= 15 is 0 Å². The van der Waals surface area contributed by atoms with Crippen molar-refractivity contribution in [1.29, 1.82) is 0 Å². The Labute approximate surface area is 146 Å². The van der Waals surface area contributed by atoms with E-state index in [1.807, 2.05) is 24.5 Å². The van der Waals surface area contributed by atoms with Crippen LogP contribution in [0.5, 0.6) is 0 Å². The fraction of sp³-hybridized carbons (Fsp3) is 0.650. The molecule has 0 aliphatic rings. The Balaban J connectivity index is 3.90. The van der Waals surface area contributed by atoms with E-state index in [0.29, 0.717) is 19.3 Å². The molecule has 0 unspecified atom stereocenters. The number of nitrogens with zero attached hydrogens (tertiary/aromatic N) is 1. The molecule has 135 valence electrons. The summed E-state index contributed by atoms with van der Waals surface area (Å²) in [5.41, 5.74) is 0.250. The van der Waals surface area contributed by atoms with Gasteiger partial charge >= 0.3 is 0 Å². The van der Waals surface area contributed by atoms with E-state index in [1.54, 1.807) is 6.08 Å². The van der Waals surface area contributed by atoms with E-state index in [9.17, 15) is 14.9 Å². The second-order valence-electron chi connectivity index (χ2n) is 5.93. The third kappa shape index (κ3) is 15.2. The molecule has 0 bridgehead atoms. The standard InChI is InChI=1S/C20H32NO3/c1-2-3-4-5-6-7-8-11-14-17-20(21(23)24)18-15-12-9-10-13-16-19-22/h9,11-12,14,18H,2-8,10,13,15-17H2,1H3/b12-9+,14-11+,20-18-. The van der Waals surface area contributed by atoms with Gasteiger partial charge in [0.2, 0.25) is 5.70 Å². The zero-order chi connectivity index (χ0) is 17.9. The molecule has 0 heterocycles. The number of hydrogen-bond acceptors (Lipinski definition) is 3. The van der Waals surface area contributed by atoms with Crippen molar-refractivity contribution in [2.24, 2.45) is 0 Å². The number of unbranched alkanes of at least 4 members (excludes halogenated alkanes) is 8. The predicted molar refractivity (Wildman–Crippen MR) is 100 cm³/mol. The van der Waals surface area contributed by atoms with E-state index in [-0.39, 0.29) is 10.6 Å². The van der Waals surface area contributed by atoms with Gasteiger partial charge in [0, 0.05) is 6.42 Å². The highest BCUT2D eigenvalue weighted by atomic mass is 16.6. The molecule has 0 aromatic heterocycles. The monoisotopic (exact) mass is 334 g/mol. The lowest BCUT2D eigenvalue weighted by molar-refractivity contribution is -0.427. The van der Waals surface area contributed by atoms with Gasteiger partial charge < -0.3 is 0 Å². The summed E-state index contributed by atoms with van der Waals surface area (Å²) in [7, 11) is 0. The highest BCUT2D eigenvalue weighted by Crippen LogP contribution is 2.09. The molecule has 4 heteroatoms. The first-order valence-corrected chi connectivity index (χ1v) is 9.20. The summed E-state index contributed by atoms with van der Waals surface area (Å²) >= 11 is 0. The molecule has 0 aromatic rings. The molecule has 0 aliphatic carbocycles. The van der Waals surface area contributed by atoms with Gasteiger partial charge in [-0.25, -0.2) is 0 Å². The van der Waals surface area contributed by atoms with Crippen LogP contribution in [0.1, 0.15) is 84.0 Å². The second-order valence-corrected chi connectivity index (χ2v) is 5.93. The lowest BCUT2D eigenvalue weighted by Gasteiger charge is -1.97. The number of rotatable bonds is 16. The summed E-state index contributed by atoms with van der Waals surface area (Å²) in [5, 5.41) is 11.0. The van der Waals surface area contributed by atoms with Crippen molar-refractivity contribution in [3.8, 4) is 0 Å². The van der Waals surface area contributed by atoms with Gasteiger partial charge in [0.15, 0.2) is 6.29 Å². The van der Waals surface area contributed by atoms with E-state index in [0.717, 1.165) is 19.3 Å². The van der Waals surface area contributed by atoms with E-state index < -0.39 is 0 Å². The summed E-state index contributed by atoms with van der Waals surface area (Å²) in [6, 6.07) is 0. The molecule has 0 aliphatic heterocycles. The molecule has 0 saturated heterocycles. The van der Waals surface area contributed by atoms with Crippen molar-refractivity contribution in [3.05, 3.63) is 46.2 Å². The topological polar surface area (TPSA) is 60.2 Å². The van der Waals surface area contributed by atoms with E-state index in [4.69, 9.17) is 0 Å². The number of nitro groups is 1. The van der Waals surface area contributed by atoms with Crippen molar-refractivity contribution in [1.82, 2.24) is 0 Å². The Bertz CT molecular complexity index is 411. The van der Waals surface area contributed by atoms with Crippen LogP contribution in [0.2, 0.25) is 0 Å². The molecule has 4 nitrogen and oxygen atoms in total. The number of allylic oxidation sites excluding steroid dienone is 5. The summed E-state index contributed by atoms with van der Waals surface area (Å²) in [4.78, 5) is 20.7. The zero-order valence-corrected chi connectivity index (χ0v) is 15.0. The molecule has 0 amide bonds. The van der Waals surface area contributed by atoms with Gasteiger partial charge in [0.1, 0.15) is 0 Å². The Kier molecular flexibility index (Phi) is 16.4. The zero-order valence-electron chi connectivity index (χ0n) is 15.0. The number of hydrogen-bond donors (Lipinski definition) is 0. The Morgan fingerprint density at radius 3 is 2.33 bits per heavy atom. The van der Waals surface area contributed by atoms with Crippen LogP contribution in [0.15, 0.2) is 36.1 Å². The van der Waals surface area contributed by atoms with Crippen LogP contribution in [0.4, 0.5) is 0 Å². The van der Waals surface area contributed by atoms with Crippen LogP contribution in [-0.4, -0.2) is 11.2 Å². The molecule has 1 radical (unpaired) electrons. The van der Waals surface area contributed by atoms with Gasteiger partial charge in [-0.15, -0.1) is 0 Å². The molecule has 0 fully saturated rings. The second kappa shape index (κ2) is 17.6. The average Bonchev–Trinajstić information content (AvgIpc) is 2.57. The van der Waals surface area contributed by atoms with Crippen LogP contribution >= 0.6 is 0 Å². The molecule has 24 heavy (non-hydrogen) atoms. The van der Waals surface area contributed by atoms with Crippen LogP contribution in [0.25, 0.3) is 0 Å². The smallest absolute Gasteiger partial charge is 0.246 e. The fourth-order valence-corrected chi connectivity index (χ4v) is 2.31. The van der Waals surface area contributed by atoms with E-state index in [2.05, 4.69) is 13.0 Å². The summed E-state index contributed by atoms with van der Waals surface area (Å²) in [6.45, 7) is 2.21. The highest BCUT2D eigenvalue weighted by Gasteiger charge is 2.06. The van der Waals surface area contributed by atoms with Gasteiger partial charge in [0.05, 0.1) is 11.3 Å². The molecular formula is C20H32NO3. The van der Waals surface area contributed by atoms with Gasteiger partial charge in [-0.05, 0) is 38.2 Å². The van der Waals surface area contributed by atoms with E-state index in [1.165, 1.54) is 38.5 Å². The van der Waals surface area contributed by atoms with Crippen molar-refractivity contribution in [2.45, 2.75) is 84.0 Å². The maximum Gasteiger partial charge on any atom is 0.246 e. The first-order valence-electron chi connectivity index (χ1n) is 9.20. The highest BCUT2D eigenvalue weighted by molar-refractivity contribution is 5.50. The summed E-state index contributed by atoms with van der Waals surface area (Å²) in [5.74, 6) is 0. The Morgan fingerprint density at radius 1 is 0.958 bits per heavy atom. The molecule has 0 atom stereocenters. The molecule has 0 saturated carbocycles. The van der Waals surface area contributed by atoms with Crippen molar-refractivity contribution >= 4 is 6.29 Å². The van der Waals surface area contributed by atoms with Crippen LogP contribution in [0, 0.1) is 10.1 Å². The largest absolute Gasteiger partial charge is 0.291 e. The van der Waals surface area contributed by atoms with Crippen LogP contribution in [-0.2, 0) is 4.79 Å². The maximum atomic E-state index is 11.0. The summed E-state index contributed by atoms with van der Waals surface area (Å²) in [6.07, 6.45) is 22.9. The Hall–Kier alpha value is -1.71. The van der Waals surface area contributed by atoms with Crippen molar-refractivity contribution in [2.75, 3.05) is 0 Å². The fourth-order valence-electron chi connectivity index (χ4n) is 2.31. The minimum absolute atomic E-state index is 0.250. The van der Waals surface area contributed by atoms with Crippen molar-refractivity contribution in [3.63, 3.8) is 0 Å². The predicted octanol–water partition coefficient (Wildman–Crippen LogP) is 6.07. The first kappa shape index (κ1) is 22.3. The lowest BCUT2D eigenvalue weighted by atomic mass is 10.1. The summed E-state index contributed by atoms with van der Waals surface area (Å²) < 4.78 is 0. The number of carbonyl (C=O) groups excluding carboxylic acids is 1. The molecule has 0 rings (SSSR count). The minimum atomic E-state index is -0.301. The van der Waals surface area contributed by atoms with Gasteiger partial charge in [-0.1, -0.05) is 63.3 Å². The first-order chi connectivity index (χ1) is 11.7. The maximum absolute atomic E-state index is 11.0. The molecule has 0 N–H and O–H groups in total. The molecular weight excluding hydrogens is 302 g/mol. The molecule has 0 aromatic carbocycles. The Morgan fingerprint density at radius 2 is 1.62 bits per heavy atom. The molecule has 0 spiro atoms. The minimum Gasteiger partial charge on any atom is -0.291 e. The van der Waals surface area contributed by atoms with Crippen molar-refractivity contribution < 1.29 is 9.72 Å². The van der Waals surface area contributed by atoms with Crippen LogP contribution < -0.4 is 0 Å². The SMILES string of the molecule is CCCCCCCC/C=C/C/C(=C/C/C=C/CCC[C]=O)[N+](=O)[O-]. The third-order valence-electron chi connectivity index (χ3n) is 3.76. The van der Waals surface area contributed by atoms with Gasteiger partial charge in [-0.2, -0.15) is 0 Å². The third-order valence-corrected chi connectivity index (χ3v) is 3.76. The average molecular weight is 334 g/mol.